The molecule has 0 amide bonds. The van der Waals surface area contributed by atoms with Crippen LogP contribution in [0.4, 0.5) is 5.95 Å². The first-order chi connectivity index (χ1) is 9.38. The number of anilines is 1. The van der Waals surface area contributed by atoms with E-state index in [0.29, 0.717) is 11.7 Å². The van der Waals surface area contributed by atoms with Gasteiger partial charge in [-0.1, -0.05) is 0 Å². The molecule has 0 aliphatic carbocycles. The fourth-order valence-corrected chi connectivity index (χ4v) is 2.11. The van der Waals surface area contributed by atoms with Crippen LogP contribution in [0.25, 0.3) is 11.4 Å². The minimum Gasteiger partial charge on any atom is -0.480 e. The van der Waals surface area contributed by atoms with Crippen LogP contribution < -0.4 is 15.0 Å². The molecule has 0 unspecified atom stereocenters. The number of H-pyrrole nitrogens is 1. The van der Waals surface area contributed by atoms with Gasteiger partial charge in [-0.15, -0.1) is 5.10 Å². The molecule has 0 radical (unpaired) electrons. The Morgan fingerprint density at radius 1 is 1.32 bits per heavy atom. The van der Waals surface area contributed by atoms with E-state index in [4.69, 9.17) is 4.74 Å². The smallest absolute Gasteiger partial charge is 0.245 e. The molecule has 1 aliphatic heterocycles. The number of aromatic nitrogens is 4. The minimum absolute atomic E-state index is 0.547. The van der Waals surface area contributed by atoms with E-state index >= 15 is 0 Å². The molecule has 2 aromatic rings. The van der Waals surface area contributed by atoms with Gasteiger partial charge in [-0.3, -0.25) is 5.10 Å². The second-order valence-electron chi connectivity index (χ2n) is 4.28. The van der Waals surface area contributed by atoms with E-state index in [-0.39, 0.29) is 0 Å². The van der Waals surface area contributed by atoms with Gasteiger partial charge in [0, 0.05) is 32.4 Å². The normalized spacial score (nSPS) is 15.5. The quantitative estimate of drug-likeness (QED) is 0.825. The van der Waals surface area contributed by atoms with Crippen molar-refractivity contribution in [3.8, 4) is 17.3 Å². The summed E-state index contributed by atoms with van der Waals surface area (Å²) in [5, 5.41) is 10.5. The molecule has 100 valence electrons. The lowest BCUT2D eigenvalue weighted by molar-refractivity contribution is 0.399. The van der Waals surface area contributed by atoms with Crippen molar-refractivity contribution in [1.29, 1.82) is 0 Å². The molecule has 1 fully saturated rings. The fraction of sp³-hybridized carbons (Fsp3) is 0.417. The number of nitrogens with one attached hydrogen (secondary N) is 2. The van der Waals surface area contributed by atoms with Crippen LogP contribution >= 0.6 is 0 Å². The number of ether oxygens (including phenoxy) is 1. The summed E-state index contributed by atoms with van der Waals surface area (Å²) in [6, 6.07) is 3.76. The Hall–Kier alpha value is -2.15. The van der Waals surface area contributed by atoms with Crippen LogP contribution in [-0.2, 0) is 0 Å². The maximum atomic E-state index is 5.23. The number of aromatic amines is 1. The zero-order chi connectivity index (χ0) is 13.1. The van der Waals surface area contributed by atoms with Crippen molar-refractivity contribution in [3.05, 3.63) is 18.3 Å². The predicted octanol–water partition coefficient (Wildman–Crippen LogP) is 0.285. The van der Waals surface area contributed by atoms with E-state index in [2.05, 4.69) is 30.4 Å². The molecule has 0 aromatic carbocycles. The Morgan fingerprint density at radius 2 is 2.16 bits per heavy atom. The standard InChI is InChI=1S/C12H16N6O/c1-19-11-9(3-2-4-14-11)10-15-12(17-16-10)18-7-5-13-6-8-18/h2-4,13H,5-8H2,1H3,(H,15,16,17). The number of methoxy groups -OCH3 is 1. The first-order valence-corrected chi connectivity index (χ1v) is 6.26. The summed E-state index contributed by atoms with van der Waals surface area (Å²) in [6.07, 6.45) is 1.69. The van der Waals surface area contributed by atoms with Gasteiger partial charge in [-0.2, -0.15) is 4.98 Å². The van der Waals surface area contributed by atoms with Gasteiger partial charge in [0.15, 0.2) is 5.82 Å². The molecule has 3 rings (SSSR count). The van der Waals surface area contributed by atoms with Gasteiger partial charge < -0.3 is 15.0 Å². The van der Waals surface area contributed by atoms with Crippen LogP contribution in [0, 0.1) is 0 Å². The summed E-state index contributed by atoms with van der Waals surface area (Å²) in [5.74, 6) is 1.95. The van der Waals surface area contributed by atoms with Crippen LogP contribution in [0.1, 0.15) is 0 Å². The van der Waals surface area contributed by atoms with Gasteiger partial charge in [-0.25, -0.2) is 4.98 Å². The molecule has 1 aliphatic rings. The summed E-state index contributed by atoms with van der Waals surface area (Å²) in [4.78, 5) is 10.8. The van der Waals surface area contributed by atoms with Crippen molar-refractivity contribution >= 4 is 5.95 Å². The zero-order valence-corrected chi connectivity index (χ0v) is 10.8. The summed E-state index contributed by atoms with van der Waals surface area (Å²) in [7, 11) is 1.60. The second kappa shape index (κ2) is 5.23. The monoisotopic (exact) mass is 260 g/mol. The van der Waals surface area contributed by atoms with Gasteiger partial charge in [0.05, 0.1) is 12.7 Å². The average Bonchev–Trinajstić information content (AvgIpc) is 2.98. The van der Waals surface area contributed by atoms with Gasteiger partial charge >= 0.3 is 0 Å². The van der Waals surface area contributed by atoms with Crippen molar-refractivity contribution < 1.29 is 4.74 Å². The zero-order valence-electron chi connectivity index (χ0n) is 10.8. The largest absolute Gasteiger partial charge is 0.480 e. The van der Waals surface area contributed by atoms with E-state index < -0.39 is 0 Å². The highest BCUT2D eigenvalue weighted by Crippen LogP contribution is 2.25. The van der Waals surface area contributed by atoms with Crippen molar-refractivity contribution in [2.75, 3.05) is 38.2 Å². The SMILES string of the molecule is COc1ncccc1-c1nc(N2CCNCC2)n[nH]1. The number of hydrogen-bond donors (Lipinski definition) is 2. The second-order valence-corrected chi connectivity index (χ2v) is 4.28. The van der Waals surface area contributed by atoms with Gasteiger partial charge in [-0.05, 0) is 12.1 Å². The van der Waals surface area contributed by atoms with E-state index in [1.54, 1.807) is 13.3 Å². The Morgan fingerprint density at radius 3 is 2.95 bits per heavy atom. The maximum Gasteiger partial charge on any atom is 0.245 e. The Kier molecular flexibility index (Phi) is 3.28. The van der Waals surface area contributed by atoms with Crippen molar-refractivity contribution in [1.82, 2.24) is 25.5 Å². The minimum atomic E-state index is 0.547. The van der Waals surface area contributed by atoms with Crippen LogP contribution in [-0.4, -0.2) is 53.5 Å². The van der Waals surface area contributed by atoms with E-state index in [1.807, 2.05) is 12.1 Å². The first-order valence-electron chi connectivity index (χ1n) is 6.26. The molecule has 0 saturated carbocycles. The average molecular weight is 260 g/mol. The molecule has 7 heteroatoms. The highest BCUT2D eigenvalue weighted by atomic mass is 16.5. The molecule has 0 atom stereocenters. The fourth-order valence-electron chi connectivity index (χ4n) is 2.11. The van der Waals surface area contributed by atoms with Crippen molar-refractivity contribution in [2.45, 2.75) is 0 Å². The molecular weight excluding hydrogens is 244 g/mol. The van der Waals surface area contributed by atoms with Crippen LogP contribution in [0.5, 0.6) is 5.88 Å². The molecular formula is C12H16N6O. The Labute approximate surface area is 111 Å². The first kappa shape index (κ1) is 11.9. The lowest BCUT2D eigenvalue weighted by atomic mass is 10.2. The van der Waals surface area contributed by atoms with Crippen molar-refractivity contribution in [3.63, 3.8) is 0 Å². The summed E-state index contributed by atoms with van der Waals surface area (Å²) < 4.78 is 5.23. The highest BCUT2D eigenvalue weighted by molar-refractivity contribution is 5.62. The summed E-state index contributed by atoms with van der Waals surface area (Å²) >= 11 is 0. The van der Waals surface area contributed by atoms with E-state index in [9.17, 15) is 0 Å². The number of rotatable bonds is 3. The molecule has 1 saturated heterocycles. The summed E-state index contributed by atoms with van der Waals surface area (Å²) in [6.45, 7) is 3.75. The van der Waals surface area contributed by atoms with Crippen molar-refractivity contribution in [2.24, 2.45) is 0 Å². The maximum absolute atomic E-state index is 5.23. The number of nitrogens with zero attached hydrogens (tertiary/aromatic N) is 4. The molecule has 2 N–H and O–H groups in total. The lowest BCUT2D eigenvalue weighted by Crippen LogP contribution is -2.44. The Bertz CT molecular complexity index is 549. The number of hydrogen-bond acceptors (Lipinski definition) is 6. The third-order valence-corrected chi connectivity index (χ3v) is 3.09. The topological polar surface area (TPSA) is 79.0 Å². The molecule has 3 heterocycles. The van der Waals surface area contributed by atoms with Crippen LogP contribution in [0.3, 0.4) is 0 Å². The predicted molar refractivity (Wildman–Crippen MR) is 71.2 cm³/mol. The van der Waals surface area contributed by atoms with Crippen LogP contribution in [0.15, 0.2) is 18.3 Å². The third-order valence-electron chi connectivity index (χ3n) is 3.09. The molecule has 0 bridgehead atoms. The molecule has 19 heavy (non-hydrogen) atoms. The molecule has 7 nitrogen and oxygen atoms in total. The molecule has 0 spiro atoms. The number of piperazine rings is 1. The number of pyridine rings is 1. The van der Waals surface area contributed by atoms with E-state index in [1.165, 1.54) is 0 Å². The highest BCUT2D eigenvalue weighted by Gasteiger charge is 2.17. The Balaban J connectivity index is 1.88. The van der Waals surface area contributed by atoms with Crippen LogP contribution in [0.2, 0.25) is 0 Å². The van der Waals surface area contributed by atoms with E-state index in [0.717, 1.165) is 37.7 Å². The van der Waals surface area contributed by atoms with Gasteiger partial charge in [0.1, 0.15) is 0 Å². The summed E-state index contributed by atoms with van der Waals surface area (Å²) in [5.41, 5.74) is 0.818. The lowest BCUT2D eigenvalue weighted by Gasteiger charge is -2.25. The third kappa shape index (κ3) is 2.37. The molecule has 2 aromatic heterocycles. The van der Waals surface area contributed by atoms with Gasteiger partial charge in [0.2, 0.25) is 11.8 Å². The van der Waals surface area contributed by atoms with Gasteiger partial charge in [0.25, 0.3) is 0 Å².